The Kier molecular flexibility index (Phi) is 4.37. The number of nitrogens with zero attached hydrogens (tertiary/aromatic N) is 1. The zero-order chi connectivity index (χ0) is 15.4. The third kappa shape index (κ3) is 3.47. The van der Waals surface area contributed by atoms with E-state index in [2.05, 4.69) is 5.32 Å². The quantitative estimate of drug-likeness (QED) is 0.677. The van der Waals surface area contributed by atoms with Crippen molar-refractivity contribution in [2.75, 3.05) is 0 Å². The van der Waals surface area contributed by atoms with Crippen LogP contribution in [0, 0.1) is 17.0 Å². The minimum atomic E-state index is -0.488. The van der Waals surface area contributed by atoms with Gasteiger partial charge in [-0.15, -0.1) is 0 Å². The molecular formula is C15H16N2O4. The molecule has 1 N–H and O–H groups in total. The van der Waals surface area contributed by atoms with Gasteiger partial charge in [-0.05, 0) is 32.0 Å². The maximum atomic E-state index is 12.2. The Hall–Kier alpha value is -2.63. The molecule has 0 unspecified atom stereocenters. The second kappa shape index (κ2) is 6.21. The molecule has 0 spiro atoms. The van der Waals surface area contributed by atoms with E-state index in [0.717, 1.165) is 5.76 Å². The Bertz CT molecular complexity index is 650. The molecule has 0 aliphatic rings. The number of carbonyl (C=O) groups is 1. The Morgan fingerprint density at radius 2 is 2.14 bits per heavy atom. The van der Waals surface area contributed by atoms with Crippen LogP contribution in [-0.4, -0.2) is 16.9 Å². The van der Waals surface area contributed by atoms with E-state index in [9.17, 15) is 14.9 Å². The fraction of sp³-hybridized carbons (Fsp3) is 0.267. The maximum absolute atomic E-state index is 12.2. The largest absolute Gasteiger partial charge is 0.469 e. The fourth-order valence-corrected chi connectivity index (χ4v) is 2.15. The summed E-state index contributed by atoms with van der Waals surface area (Å²) in [5.74, 6) is 0.453. The molecule has 21 heavy (non-hydrogen) atoms. The van der Waals surface area contributed by atoms with Gasteiger partial charge < -0.3 is 9.73 Å². The van der Waals surface area contributed by atoms with Crippen molar-refractivity contribution in [2.24, 2.45) is 0 Å². The van der Waals surface area contributed by atoms with Gasteiger partial charge in [-0.2, -0.15) is 0 Å². The lowest BCUT2D eigenvalue weighted by Gasteiger charge is -2.13. The van der Waals surface area contributed by atoms with Crippen LogP contribution in [0.3, 0.4) is 0 Å². The summed E-state index contributed by atoms with van der Waals surface area (Å²) in [6.45, 7) is 3.43. The summed E-state index contributed by atoms with van der Waals surface area (Å²) >= 11 is 0. The summed E-state index contributed by atoms with van der Waals surface area (Å²) in [5.41, 5.74) is 0.627. The molecule has 1 amide bonds. The molecular weight excluding hydrogens is 272 g/mol. The Balaban J connectivity index is 2.10. The fourth-order valence-electron chi connectivity index (χ4n) is 2.15. The first-order valence-corrected chi connectivity index (χ1v) is 6.56. The van der Waals surface area contributed by atoms with Crippen LogP contribution in [0.5, 0.6) is 0 Å². The summed E-state index contributed by atoms with van der Waals surface area (Å²) in [4.78, 5) is 22.6. The van der Waals surface area contributed by atoms with Gasteiger partial charge >= 0.3 is 0 Å². The zero-order valence-electron chi connectivity index (χ0n) is 11.8. The highest BCUT2D eigenvalue weighted by Gasteiger charge is 2.19. The Morgan fingerprint density at radius 3 is 2.76 bits per heavy atom. The number of nitro groups is 1. The Morgan fingerprint density at radius 1 is 1.38 bits per heavy atom. The first kappa shape index (κ1) is 14.8. The Labute approximate surface area is 121 Å². The molecule has 1 heterocycles. The van der Waals surface area contributed by atoms with E-state index < -0.39 is 4.92 Å². The van der Waals surface area contributed by atoms with Crippen LogP contribution >= 0.6 is 0 Å². The molecule has 1 aromatic carbocycles. The summed E-state index contributed by atoms with van der Waals surface area (Å²) in [7, 11) is 0. The number of amides is 1. The standard InChI is InChI=1S/C15H16N2O4/c1-10(9-12-5-4-8-21-12)16-15(18)13-6-3-7-14(11(13)2)17(19)20/h3-8,10H,9H2,1-2H3,(H,16,18)/t10-/m0/s1. The van der Waals surface area contributed by atoms with Crippen LogP contribution in [-0.2, 0) is 6.42 Å². The number of nitrogens with one attached hydrogen (secondary N) is 1. The maximum Gasteiger partial charge on any atom is 0.273 e. The van der Waals surface area contributed by atoms with Gasteiger partial charge in [-0.25, -0.2) is 0 Å². The number of benzene rings is 1. The van der Waals surface area contributed by atoms with Gasteiger partial charge in [0.05, 0.1) is 11.2 Å². The zero-order valence-corrected chi connectivity index (χ0v) is 11.8. The first-order chi connectivity index (χ1) is 9.99. The molecule has 0 bridgehead atoms. The molecule has 0 fully saturated rings. The molecule has 0 saturated carbocycles. The van der Waals surface area contributed by atoms with E-state index in [1.54, 1.807) is 25.3 Å². The number of carbonyl (C=O) groups excluding carboxylic acids is 1. The average molecular weight is 288 g/mol. The SMILES string of the molecule is Cc1c(C(=O)N[C@@H](C)Cc2ccco2)cccc1[N+](=O)[O-]. The lowest BCUT2D eigenvalue weighted by Crippen LogP contribution is -2.34. The molecule has 0 saturated heterocycles. The van der Waals surface area contributed by atoms with Gasteiger partial charge in [0.2, 0.25) is 0 Å². The number of hydrogen-bond acceptors (Lipinski definition) is 4. The van der Waals surface area contributed by atoms with E-state index in [1.807, 2.05) is 13.0 Å². The molecule has 1 atom stereocenters. The van der Waals surface area contributed by atoms with Crippen molar-refractivity contribution in [1.82, 2.24) is 5.32 Å². The van der Waals surface area contributed by atoms with Gasteiger partial charge in [-0.3, -0.25) is 14.9 Å². The second-order valence-corrected chi connectivity index (χ2v) is 4.86. The predicted octanol–water partition coefficient (Wildman–Crippen LogP) is 2.86. The van der Waals surface area contributed by atoms with Crippen LogP contribution in [0.4, 0.5) is 5.69 Å². The van der Waals surface area contributed by atoms with Gasteiger partial charge in [0.25, 0.3) is 11.6 Å². The van der Waals surface area contributed by atoms with Gasteiger partial charge in [-0.1, -0.05) is 6.07 Å². The van der Waals surface area contributed by atoms with Crippen molar-refractivity contribution in [1.29, 1.82) is 0 Å². The van der Waals surface area contributed by atoms with Gasteiger partial charge in [0.1, 0.15) is 5.76 Å². The molecule has 6 nitrogen and oxygen atoms in total. The average Bonchev–Trinajstić information content (AvgIpc) is 2.91. The third-order valence-corrected chi connectivity index (χ3v) is 3.21. The number of hydrogen-bond donors (Lipinski definition) is 1. The molecule has 0 radical (unpaired) electrons. The van der Waals surface area contributed by atoms with E-state index >= 15 is 0 Å². The van der Waals surface area contributed by atoms with Crippen molar-refractivity contribution in [3.63, 3.8) is 0 Å². The molecule has 0 aliphatic heterocycles. The molecule has 2 aromatic rings. The third-order valence-electron chi connectivity index (χ3n) is 3.21. The summed E-state index contributed by atoms with van der Waals surface area (Å²) in [6, 6.07) is 7.96. The monoisotopic (exact) mass is 288 g/mol. The lowest BCUT2D eigenvalue weighted by molar-refractivity contribution is -0.385. The second-order valence-electron chi connectivity index (χ2n) is 4.86. The minimum absolute atomic E-state index is 0.0543. The van der Waals surface area contributed by atoms with Crippen LogP contribution < -0.4 is 5.32 Å². The van der Waals surface area contributed by atoms with Crippen molar-refractivity contribution >= 4 is 11.6 Å². The van der Waals surface area contributed by atoms with Crippen LogP contribution in [0.1, 0.15) is 28.6 Å². The van der Waals surface area contributed by atoms with E-state index in [4.69, 9.17) is 4.42 Å². The minimum Gasteiger partial charge on any atom is -0.469 e. The van der Waals surface area contributed by atoms with E-state index in [-0.39, 0.29) is 17.6 Å². The smallest absolute Gasteiger partial charge is 0.273 e. The van der Waals surface area contributed by atoms with Crippen molar-refractivity contribution in [3.8, 4) is 0 Å². The number of furan rings is 1. The molecule has 0 aliphatic carbocycles. The number of rotatable bonds is 5. The van der Waals surface area contributed by atoms with Crippen LogP contribution in [0.15, 0.2) is 41.0 Å². The number of nitro benzene ring substituents is 1. The predicted molar refractivity (Wildman–Crippen MR) is 77.2 cm³/mol. The van der Waals surface area contributed by atoms with Crippen molar-refractivity contribution in [2.45, 2.75) is 26.3 Å². The molecule has 1 aromatic heterocycles. The lowest BCUT2D eigenvalue weighted by atomic mass is 10.1. The van der Waals surface area contributed by atoms with Crippen LogP contribution in [0.25, 0.3) is 0 Å². The first-order valence-electron chi connectivity index (χ1n) is 6.56. The highest BCUT2D eigenvalue weighted by atomic mass is 16.6. The molecule has 2 rings (SSSR count). The highest BCUT2D eigenvalue weighted by molar-refractivity contribution is 5.96. The van der Waals surface area contributed by atoms with Gasteiger partial charge in [0.15, 0.2) is 0 Å². The topological polar surface area (TPSA) is 85.4 Å². The highest BCUT2D eigenvalue weighted by Crippen LogP contribution is 2.21. The van der Waals surface area contributed by atoms with Crippen molar-refractivity contribution < 1.29 is 14.1 Å². The van der Waals surface area contributed by atoms with E-state index in [0.29, 0.717) is 17.5 Å². The summed E-state index contributed by atoms with van der Waals surface area (Å²) in [6.07, 6.45) is 2.14. The summed E-state index contributed by atoms with van der Waals surface area (Å²) < 4.78 is 5.23. The molecule has 6 heteroatoms. The molecule has 110 valence electrons. The van der Waals surface area contributed by atoms with Gasteiger partial charge in [0, 0.05) is 29.7 Å². The van der Waals surface area contributed by atoms with Crippen molar-refractivity contribution in [3.05, 3.63) is 63.6 Å². The summed E-state index contributed by atoms with van der Waals surface area (Å²) in [5, 5.41) is 13.7. The van der Waals surface area contributed by atoms with E-state index in [1.165, 1.54) is 12.1 Å². The van der Waals surface area contributed by atoms with Crippen LogP contribution in [0.2, 0.25) is 0 Å². The normalized spacial score (nSPS) is 11.9.